The standard InChI is InChI=1S/C28H29F3O3/c1-3-4-5-6-18-16-33-28(34-17-18)21-11-12-22(24(29)15-21)19-7-9-20(10-8-19)23-13-14-25(32-2)27(31)26(23)30/h7-15,18,28H,3-6,16-17H2,1-2H3. The van der Waals surface area contributed by atoms with Crippen molar-refractivity contribution in [1.29, 1.82) is 0 Å². The van der Waals surface area contributed by atoms with Crippen molar-refractivity contribution >= 4 is 0 Å². The Morgan fingerprint density at radius 3 is 2.09 bits per heavy atom. The summed E-state index contributed by atoms with van der Waals surface area (Å²) < 4.78 is 59.9. The zero-order valence-electron chi connectivity index (χ0n) is 19.5. The molecule has 3 aromatic rings. The first-order valence-electron chi connectivity index (χ1n) is 11.7. The average Bonchev–Trinajstić information content (AvgIpc) is 2.86. The summed E-state index contributed by atoms with van der Waals surface area (Å²) in [7, 11) is 1.28. The van der Waals surface area contributed by atoms with Crippen LogP contribution in [0.15, 0.2) is 54.6 Å². The highest BCUT2D eigenvalue weighted by Crippen LogP contribution is 2.33. The van der Waals surface area contributed by atoms with Crippen LogP contribution in [-0.4, -0.2) is 20.3 Å². The van der Waals surface area contributed by atoms with Crippen molar-refractivity contribution < 1.29 is 27.4 Å². The molecule has 4 rings (SSSR count). The molecule has 6 heteroatoms. The van der Waals surface area contributed by atoms with E-state index < -0.39 is 23.7 Å². The van der Waals surface area contributed by atoms with Gasteiger partial charge in [0.2, 0.25) is 5.82 Å². The summed E-state index contributed by atoms with van der Waals surface area (Å²) >= 11 is 0. The van der Waals surface area contributed by atoms with Crippen molar-refractivity contribution in [3.8, 4) is 28.0 Å². The van der Waals surface area contributed by atoms with Gasteiger partial charge >= 0.3 is 0 Å². The highest BCUT2D eigenvalue weighted by molar-refractivity contribution is 5.71. The minimum atomic E-state index is -1.04. The quantitative estimate of drug-likeness (QED) is 0.316. The second kappa shape index (κ2) is 11.1. The van der Waals surface area contributed by atoms with E-state index in [-0.39, 0.29) is 11.3 Å². The van der Waals surface area contributed by atoms with Crippen LogP contribution in [-0.2, 0) is 9.47 Å². The second-order valence-electron chi connectivity index (χ2n) is 8.62. The minimum absolute atomic E-state index is 0.111. The maximum Gasteiger partial charge on any atom is 0.201 e. The summed E-state index contributed by atoms with van der Waals surface area (Å²) in [6, 6.07) is 14.4. The third-order valence-corrected chi connectivity index (χ3v) is 6.22. The van der Waals surface area contributed by atoms with Crippen LogP contribution >= 0.6 is 0 Å². The Morgan fingerprint density at radius 1 is 0.824 bits per heavy atom. The topological polar surface area (TPSA) is 27.7 Å². The van der Waals surface area contributed by atoms with Gasteiger partial charge in [-0.05, 0) is 35.7 Å². The number of benzene rings is 3. The van der Waals surface area contributed by atoms with Gasteiger partial charge < -0.3 is 14.2 Å². The number of methoxy groups -OCH3 is 1. The molecule has 0 bridgehead atoms. The van der Waals surface area contributed by atoms with Gasteiger partial charge in [0.15, 0.2) is 17.9 Å². The number of halogens is 3. The van der Waals surface area contributed by atoms with Gasteiger partial charge in [0, 0.05) is 22.6 Å². The number of unbranched alkanes of at least 4 members (excludes halogenated alkanes) is 2. The predicted octanol–water partition coefficient (Wildman–Crippen LogP) is 7.69. The molecule has 3 aromatic carbocycles. The molecule has 1 aliphatic rings. The molecule has 3 nitrogen and oxygen atoms in total. The summed E-state index contributed by atoms with van der Waals surface area (Å²) in [6.07, 6.45) is 4.07. The first-order valence-corrected chi connectivity index (χ1v) is 11.7. The lowest BCUT2D eigenvalue weighted by Gasteiger charge is -2.29. The van der Waals surface area contributed by atoms with E-state index in [0.29, 0.717) is 41.4 Å². The maximum absolute atomic E-state index is 15.0. The largest absolute Gasteiger partial charge is 0.494 e. The Labute approximate surface area is 198 Å². The van der Waals surface area contributed by atoms with Crippen molar-refractivity contribution in [2.75, 3.05) is 20.3 Å². The van der Waals surface area contributed by atoms with Crippen molar-refractivity contribution in [2.24, 2.45) is 5.92 Å². The fraction of sp³-hybridized carbons (Fsp3) is 0.357. The third kappa shape index (κ3) is 5.29. The maximum atomic E-state index is 15.0. The number of hydrogen-bond donors (Lipinski definition) is 0. The Hall–Kier alpha value is -2.83. The molecule has 0 amide bonds. The van der Waals surface area contributed by atoms with Crippen molar-refractivity contribution in [3.63, 3.8) is 0 Å². The number of ether oxygens (including phenoxy) is 3. The SMILES string of the molecule is CCCCCC1COC(c2ccc(-c3ccc(-c4ccc(OC)c(F)c4F)cc3)c(F)c2)OC1. The van der Waals surface area contributed by atoms with Gasteiger partial charge in [-0.1, -0.05) is 62.6 Å². The second-order valence-corrected chi connectivity index (χ2v) is 8.62. The first kappa shape index (κ1) is 24.3. The van der Waals surface area contributed by atoms with Crippen LogP contribution < -0.4 is 4.74 Å². The molecule has 0 aliphatic carbocycles. The molecule has 0 radical (unpaired) electrons. The molecule has 0 spiro atoms. The van der Waals surface area contributed by atoms with Crippen molar-refractivity contribution in [1.82, 2.24) is 0 Å². The summed E-state index contributed by atoms with van der Waals surface area (Å²) in [5.74, 6) is -2.19. The minimum Gasteiger partial charge on any atom is -0.494 e. The normalized spacial score (nSPS) is 18.1. The van der Waals surface area contributed by atoms with Crippen LogP contribution in [0.5, 0.6) is 5.75 Å². The van der Waals surface area contributed by atoms with Gasteiger partial charge in [-0.15, -0.1) is 0 Å². The van der Waals surface area contributed by atoms with E-state index in [4.69, 9.17) is 14.2 Å². The highest BCUT2D eigenvalue weighted by atomic mass is 19.2. The molecule has 1 aliphatic heterocycles. The Kier molecular flexibility index (Phi) is 7.91. The van der Waals surface area contributed by atoms with Gasteiger partial charge in [0.1, 0.15) is 5.82 Å². The molecule has 34 heavy (non-hydrogen) atoms. The van der Waals surface area contributed by atoms with Crippen LogP contribution in [0.25, 0.3) is 22.3 Å². The summed E-state index contributed by atoms with van der Waals surface area (Å²) in [4.78, 5) is 0. The fourth-order valence-electron chi connectivity index (χ4n) is 4.24. The Bertz CT molecular complexity index is 1110. The molecule has 0 unspecified atom stereocenters. The van der Waals surface area contributed by atoms with E-state index in [1.807, 2.05) is 0 Å². The van der Waals surface area contributed by atoms with E-state index in [0.717, 1.165) is 6.42 Å². The van der Waals surface area contributed by atoms with Crippen molar-refractivity contribution in [2.45, 2.75) is 38.9 Å². The van der Waals surface area contributed by atoms with E-state index in [1.54, 1.807) is 36.4 Å². The number of hydrogen-bond acceptors (Lipinski definition) is 3. The summed E-state index contributed by atoms with van der Waals surface area (Å²) in [5, 5.41) is 0. The van der Waals surface area contributed by atoms with E-state index in [1.165, 1.54) is 44.6 Å². The van der Waals surface area contributed by atoms with E-state index >= 15 is 0 Å². The lowest BCUT2D eigenvalue weighted by Crippen LogP contribution is -2.27. The third-order valence-electron chi connectivity index (χ3n) is 6.22. The molecule has 1 saturated heterocycles. The van der Waals surface area contributed by atoms with Crippen LogP contribution in [0, 0.1) is 23.4 Å². The molecule has 1 fully saturated rings. The van der Waals surface area contributed by atoms with E-state index in [2.05, 4.69) is 6.92 Å². The summed E-state index contributed by atoms with van der Waals surface area (Å²) in [6.45, 7) is 3.40. The Morgan fingerprint density at radius 2 is 1.47 bits per heavy atom. The van der Waals surface area contributed by atoms with Gasteiger partial charge in [-0.25, -0.2) is 8.78 Å². The van der Waals surface area contributed by atoms with Gasteiger partial charge in [-0.2, -0.15) is 4.39 Å². The Balaban J connectivity index is 1.45. The molecule has 180 valence electrons. The molecule has 0 aromatic heterocycles. The fourth-order valence-corrected chi connectivity index (χ4v) is 4.24. The number of rotatable bonds is 8. The lowest BCUT2D eigenvalue weighted by molar-refractivity contribution is -0.206. The zero-order valence-corrected chi connectivity index (χ0v) is 19.5. The molecule has 0 saturated carbocycles. The van der Waals surface area contributed by atoms with Gasteiger partial charge in [0.25, 0.3) is 0 Å². The molecule has 0 atom stereocenters. The smallest absolute Gasteiger partial charge is 0.201 e. The van der Waals surface area contributed by atoms with Crippen LogP contribution in [0.1, 0.15) is 44.5 Å². The zero-order chi connectivity index (χ0) is 24.1. The monoisotopic (exact) mass is 470 g/mol. The van der Waals surface area contributed by atoms with Gasteiger partial charge in [-0.3, -0.25) is 0 Å². The predicted molar refractivity (Wildman–Crippen MR) is 126 cm³/mol. The first-order chi connectivity index (χ1) is 16.5. The molecular weight excluding hydrogens is 441 g/mol. The molecule has 0 N–H and O–H groups in total. The molecular formula is C28H29F3O3. The van der Waals surface area contributed by atoms with Crippen LogP contribution in [0.4, 0.5) is 13.2 Å². The van der Waals surface area contributed by atoms with Crippen molar-refractivity contribution in [3.05, 3.63) is 77.6 Å². The lowest BCUT2D eigenvalue weighted by atomic mass is 9.98. The van der Waals surface area contributed by atoms with E-state index in [9.17, 15) is 13.2 Å². The van der Waals surface area contributed by atoms with Gasteiger partial charge in [0.05, 0.1) is 20.3 Å². The van der Waals surface area contributed by atoms with Crippen LogP contribution in [0.2, 0.25) is 0 Å². The highest BCUT2D eigenvalue weighted by Gasteiger charge is 2.24. The average molecular weight is 471 g/mol. The molecule has 1 heterocycles. The summed E-state index contributed by atoms with van der Waals surface area (Å²) in [5.41, 5.74) is 2.27. The van der Waals surface area contributed by atoms with Crippen LogP contribution in [0.3, 0.4) is 0 Å².